The normalized spacial score (nSPS) is 11.2. The van der Waals surface area contributed by atoms with E-state index < -0.39 is 11.2 Å². The maximum atomic E-state index is 12.9. The number of carbonyl (C=O) groups is 1. The number of rotatable bonds is 10. The standard InChI is InChI=1S/C18H28N6O4S/c1-5-6-7-23-16(19)15(17(26)21-18(23)27)24(8-11(2)3)14(25)10-29-9-13-20-12(4)28-22-13/h11H,5-10,19H2,1-4H3,(H,21,26,27). The molecule has 160 valence electrons. The molecule has 2 heterocycles. The molecular weight excluding hydrogens is 396 g/mol. The van der Waals surface area contributed by atoms with Crippen LogP contribution < -0.4 is 21.9 Å². The fourth-order valence-electron chi connectivity index (χ4n) is 2.77. The second-order valence-corrected chi connectivity index (χ2v) is 8.10. The van der Waals surface area contributed by atoms with Gasteiger partial charge in [-0.05, 0) is 12.3 Å². The highest BCUT2D eigenvalue weighted by molar-refractivity contribution is 7.99. The number of aromatic amines is 1. The van der Waals surface area contributed by atoms with E-state index in [1.165, 1.54) is 21.2 Å². The predicted octanol–water partition coefficient (Wildman–Crippen LogP) is 1.53. The van der Waals surface area contributed by atoms with Crippen LogP contribution in [0, 0.1) is 12.8 Å². The van der Waals surface area contributed by atoms with Crippen LogP contribution in [-0.4, -0.2) is 37.9 Å². The Balaban J connectivity index is 2.27. The number of nitrogens with one attached hydrogen (secondary N) is 1. The number of thioether (sulfide) groups is 1. The van der Waals surface area contributed by atoms with Crippen molar-refractivity contribution in [3.05, 3.63) is 32.6 Å². The van der Waals surface area contributed by atoms with Crippen molar-refractivity contribution in [1.29, 1.82) is 0 Å². The second-order valence-electron chi connectivity index (χ2n) is 7.12. The van der Waals surface area contributed by atoms with Crippen LogP contribution in [0.5, 0.6) is 0 Å². The zero-order chi connectivity index (χ0) is 21.6. The van der Waals surface area contributed by atoms with Gasteiger partial charge in [-0.15, -0.1) is 11.8 Å². The summed E-state index contributed by atoms with van der Waals surface area (Å²) in [5.74, 6) is 1.30. The van der Waals surface area contributed by atoms with E-state index in [2.05, 4.69) is 15.1 Å². The van der Waals surface area contributed by atoms with Crippen LogP contribution in [0.15, 0.2) is 14.1 Å². The lowest BCUT2D eigenvalue weighted by molar-refractivity contribution is -0.116. The number of H-pyrrole nitrogens is 1. The minimum atomic E-state index is -0.659. The third-order valence-corrected chi connectivity index (χ3v) is 5.01. The average molecular weight is 425 g/mol. The number of aryl methyl sites for hydroxylation is 1. The Kier molecular flexibility index (Phi) is 8.06. The number of amides is 1. The summed E-state index contributed by atoms with van der Waals surface area (Å²) in [6, 6.07) is 0. The minimum Gasteiger partial charge on any atom is -0.383 e. The molecule has 0 aliphatic carbocycles. The first kappa shape index (κ1) is 22.7. The highest BCUT2D eigenvalue weighted by atomic mass is 32.2. The molecule has 3 N–H and O–H groups in total. The van der Waals surface area contributed by atoms with E-state index in [-0.39, 0.29) is 29.1 Å². The Bertz CT molecular complexity index is 949. The van der Waals surface area contributed by atoms with Gasteiger partial charge >= 0.3 is 5.69 Å². The van der Waals surface area contributed by atoms with Crippen molar-refractivity contribution < 1.29 is 9.32 Å². The fourth-order valence-corrected chi connectivity index (χ4v) is 3.50. The van der Waals surface area contributed by atoms with Crippen molar-refractivity contribution in [2.24, 2.45) is 5.92 Å². The molecule has 0 aromatic carbocycles. The van der Waals surface area contributed by atoms with E-state index in [1.54, 1.807) is 6.92 Å². The zero-order valence-electron chi connectivity index (χ0n) is 17.2. The monoisotopic (exact) mass is 424 g/mol. The van der Waals surface area contributed by atoms with Gasteiger partial charge in [-0.2, -0.15) is 4.98 Å². The van der Waals surface area contributed by atoms with Gasteiger partial charge in [-0.3, -0.25) is 19.1 Å². The maximum Gasteiger partial charge on any atom is 0.330 e. The summed E-state index contributed by atoms with van der Waals surface area (Å²) >= 11 is 1.31. The minimum absolute atomic E-state index is 0.0139. The summed E-state index contributed by atoms with van der Waals surface area (Å²) in [5, 5.41) is 3.80. The summed E-state index contributed by atoms with van der Waals surface area (Å²) < 4.78 is 6.23. The smallest absolute Gasteiger partial charge is 0.330 e. The lowest BCUT2D eigenvalue weighted by Gasteiger charge is -2.26. The molecule has 1 amide bonds. The zero-order valence-corrected chi connectivity index (χ0v) is 18.0. The molecular formula is C18H28N6O4S. The number of unbranched alkanes of at least 4 members (excludes halogenated alkanes) is 1. The highest BCUT2D eigenvalue weighted by Crippen LogP contribution is 2.20. The summed E-state index contributed by atoms with van der Waals surface area (Å²) in [5.41, 5.74) is 4.97. The molecule has 10 nitrogen and oxygen atoms in total. The van der Waals surface area contributed by atoms with Crippen LogP contribution in [0.3, 0.4) is 0 Å². The Labute approximate surface area is 172 Å². The van der Waals surface area contributed by atoms with Crippen molar-refractivity contribution in [2.75, 3.05) is 22.9 Å². The fraction of sp³-hybridized carbons (Fsp3) is 0.611. The number of nitrogens with zero attached hydrogens (tertiary/aromatic N) is 4. The van der Waals surface area contributed by atoms with E-state index >= 15 is 0 Å². The molecule has 0 fully saturated rings. The van der Waals surface area contributed by atoms with Gasteiger partial charge in [0.1, 0.15) is 5.82 Å². The number of aromatic nitrogens is 4. The molecule has 0 spiro atoms. The van der Waals surface area contributed by atoms with Gasteiger partial charge in [-0.25, -0.2) is 4.79 Å². The highest BCUT2D eigenvalue weighted by Gasteiger charge is 2.25. The van der Waals surface area contributed by atoms with Crippen molar-refractivity contribution in [3.63, 3.8) is 0 Å². The first-order valence-electron chi connectivity index (χ1n) is 9.54. The summed E-state index contributed by atoms with van der Waals surface area (Å²) in [4.78, 5) is 45.4. The topological polar surface area (TPSA) is 140 Å². The van der Waals surface area contributed by atoms with Gasteiger partial charge in [-0.1, -0.05) is 32.3 Å². The third-order valence-electron chi connectivity index (χ3n) is 4.09. The molecule has 0 atom stereocenters. The van der Waals surface area contributed by atoms with E-state index in [4.69, 9.17) is 10.3 Å². The quantitative estimate of drug-likeness (QED) is 0.585. The van der Waals surface area contributed by atoms with Crippen molar-refractivity contribution >= 4 is 29.2 Å². The van der Waals surface area contributed by atoms with Crippen molar-refractivity contribution in [1.82, 2.24) is 19.7 Å². The number of nitrogens with two attached hydrogens (primary N) is 1. The molecule has 29 heavy (non-hydrogen) atoms. The molecule has 0 saturated carbocycles. The SMILES string of the molecule is CCCCn1c(N)c(N(CC(C)C)C(=O)CSCc2noc(C)n2)c(=O)[nH]c1=O. The van der Waals surface area contributed by atoms with E-state index in [9.17, 15) is 14.4 Å². The number of nitrogen functional groups attached to an aromatic ring is 1. The van der Waals surface area contributed by atoms with Gasteiger partial charge in [0.2, 0.25) is 11.8 Å². The maximum absolute atomic E-state index is 12.9. The van der Waals surface area contributed by atoms with Crippen LogP contribution in [0.2, 0.25) is 0 Å². The van der Waals surface area contributed by atoms with Gasteiger partial charge in [0, 0.05) is 20.0 Å². The molecule has 11 heteroatoms. The first-order valence-corrected chi connectivity index (χ1v) is 10.7. The molecule has 2 aromatic rings. The predicted molar refractivity (Wildman–Crippen MR) is 113 cm³/mol. The van der Waals surface area contributed by atoms with Crippen molar-refractivity contribution in [3.8, 4) is 0 Å². The molecule has 0 bridgehead atoms. The van der Waals surface area contributed by atoms with Crippen LogP contribution in [-0.2, 0) is 17.1 Å². The van der Waals surface area contributed by atoms with Crippen LogP contribution in [0.25, 0.3) is 0 Å². The molecule has 0 unspecified atom stereocenters. The molecule has 0 saturated heterocycles. The second kappa shape index (κ2) is 10.3. The Morgan fingerprint density at radius 3 is 2.69 bits per heavy atom. The molecule has 0 aliphatic rings. The first-order chi connectivity index (χ1) is 13.7. The van der Waals surface area contributed by atoms with E-state index in [1.807, 2.05) is 20.8 Å². The number of anilines is 2. The molecule has 2 rings (SSSR count). The largest absolute Gasteiger partial charge is 0.383 e. The molecule has 2 aromatic heterocycles. The van der Waals surface area contributed by atoms with Crippen LogP contribution >= 0.6 is 11.8 Å². The summed E-state index contributed by atoms with van der Waals surface area (Å²) in [6.45, 7) is 8.24. The Morgan fingerprint density at radius 2 is 2.10 bits per heavy atom. The summed E-state index contributed by atoms with van der Waals surface area (Å²) in [7, 11) is 0. The van der Waals surface area contributed by atoms with Gasteiger partial charge in [0.15, 0.2) is 11.5 Å². The third kappa shape index (κ3) is 5.96. The molecule has 0 radical (unpaired) electrons. The van der Waals surface area contributed by atoms with Gasteiger partial charge in [0.05, 0.1) is 11.5 Å². The average Bonchev–Trinajstić information content (AvgIpc) is 3.05. The van der Waals surface area contributed by atoms with Crippen LogP contribution in [0.4, 0.5) is 11.5 Å². The number of hydrogen-bond acceptors (Lipinski definition) is 8. The van der Waals surface area contributed by atoms with Gasteiger partial charge < -0.3 is 15.2 Å². The van der Waals surface area contributed by atoms with Crippen molar-refractivity contribution in [2.45, 2.75) is 52.8 Å². The van der Waals surface area contributed by atoms with Gasteiger partial charge in [0.25, 0.3) is 5.56 Å². The Hall–Kier alpha value is -2.56. The number of carbonyl (C=O) groups excluding carboxylic acids is 1. The number of hydrogen-bond donors (Lipinski definition) is 2. The van der Waals surface area contributed by atoms with E-state index in [0.29, 0.717) is 30.6 Å². The Morgan fingerprint density at radius 1 is 1.38 bits per heavy atom. The molecule has 0 aliphatic heterocycles. The lowest BCUT2D eigenvalue weighted by Crippen LogP contribution is -2.43. The lowest BCUT2D eigenvalue weighted by atomic mass is 10.2. The van der Waals surface area contributed by atoms with E-state index in [0.717, 1.165) is 12.8 Å². The summed E-state index contributed by atoms with van der Waals surface area (Å²) in [6.07, 6.45) is 1.59. The van der Waals surface area contributed by atoms with Crippen LogP contribution in [0.1, 0.15) is 45.3 Å².